The van der Waals surface area contributed by atoms with Crippen LogP contribution < -0.4 is 4.74 Å². The monoisotopic (exact) mass is 328 g/mol. The minimum Gasteiger partial charge on any atom is -0.496 e. The molecule has 3 heterocycles. The van der Waals surface area contributed by atoms with Gasteiger partial charge >= 0.3 is 5.97 Å². The van der Waals surface area contributed by atoms with Crippen LogP contribution in [0.1, 0.15) is 11.1 Å². The molecule has 0 spiro atoms. The van der Waals surface area contributed by atoms with E-state index in [9.17, 15) is 4.79 Å². The molecule has 0 unspecified atom stereocenters. The highest BCUT2D eigenvalue weighted by atomic mass is 16.5. The second-order valence-electron chi connectivity index (χ2n) is 6.43. The van der Waals surface area contributed by atoms with Crippen molar-refractivity contribution < 1.29 is 14.3 Å². The lowest BCUT2D eigenvalue weighted by Crippen LogP contribution is -2.23. The number of carbonyl (C=O) groups excluding carboxylic acids is 1. The molecule has 2 aromatic rings. The highest BCUT2D eigenvalue weighted by Gasteiger charge is 2.43. The van der Waals surface area contributed by atoms with Gasteiger partial charge in [0.2, 0.25) is 0 Å². The lowest BCUT2D eigenvalue weighted by atomic mass is 10.0. The van der Waals surface area contributed by atoms with Gasteiger partial charge in [0.25, 0.3) is 0 Å². The van der Waals surface area contributed by atoms with E-state index < -0.39 is 0 Å². The Hall–Kier alpha value is -2.41. The van der Waals surface area contributed by atoms with E-state index in [2.05, 4.69) is 27.1 Å². The molecule has 0 radical (unpaired) electrons. The van der Waals surface area contributed by atoms with Crippen molar-refractivity contribution in [2.24, 2.45) is 11.8 Å². The zero-order valence-corrected chi connectivity index (χ0v) is 13.6. The van der Waals surface area contributed by atoms with Crippen LogP contribution in [0.5, 0.6) is 5.75 Å². The maximum absolute atomic E-state index is 11.7. The van der Waals surface area contributed by atoms with Crippen LogP contribution in [0.2, 0.25) is 0 Å². The van der Waals surface area contributed by atoms with Gasteiger partial charge < -0.3 is 9.47 Å². The lowest BCUT2D eigenvalue weighted by molar-refractivity contribution is -0.141. The average Bonchev–Trinajstić information content (AvgIpc) is 3.28. The van der Waals surface area contributed by atoms with Gasteiger partial charge in [0.15, 0.2) is 0 Å². The van der Waals surface area contributed by atoms with Crippen LogP contribution in [-0.4, -0.2) is 52.4 Å². The van der Waals surface area contributed by atoms with Crippen LogP contribution in [0, 0.1) is 11.8 Å². The first-order valence-electron chi connectivity index (χ1n) is 8.10. The topological polar surface area (TPSA) is 69.5 Å². The summed E-state index contributed by atoms with van der Waals surface area (Å²) in [5, 5.41) is 4.15. The van der Waals surface area contributed by atoms with Crippen molar-refractivity contribution in [2.75, 3.05) is 26.8 Å². The summed E-state index contributed by atoms with van der Waals surface area (Å²) in [7, 11) is 1.67. The molecule has 2 fully saturated rings. The second-order valence-corrected chi connectivity index (χ2v) is 6.43. The maximum Gasteiger partial charge on any atom is 0.310 e. The summed E-state index contributed by atoms with van der Waals surface area (Å²) < 4.78 is 12.4. The Kier molecular flexibility index (Phi) is 3.93. The number of aromatic nitrogens is 3. The van der Waals surface area contributed by atoms with Crippen LogP contribution >= 0.6 is 0 Å². The van der Waals surface area contributed by atoms with Gasteiger partial charge in [-0.3, -0.25) is 9.69 Å². The summed E-state index contributed by atoms with van der Waals surface area (Å²) in [6.07, 6.45) is 3.22. The van der Waals surface area contributed by atoms with Crippen LogP contribution in [0.15, 0.2) is 30.9 Å². The van der Waals surface area contributed by atoms with Crippen molar-refractivity contribution in [1.82, 2.24) is 19.7 Å². The number of methoxy groups -OCH3 is 1. The number of rotatable bonds is 5. The van der Waals surface area contributed by atoms with Crippen molar-refractivity contribution in [1.29, 1.82) is 0 Å². The molecule has 7 heteroatoms. The third-order valence-corrected chi connectivity index (χ3v) is 4.81. The molecule has 0 bridgehead atoms. The molecule has 1 aromatic carbocycles. The second kappa shape index (κ2) is 6.24. The van der Waals surface area contributed by atoms with E-state index in [0.29, 0.717) is 19.1 Å². The van der Waals surface area contributed by atoms with Crippen LogP contribution in [-0.2, 0) is 22.6 Å². The van der Waals surface area contributed by atoms with Gasteiger partial charge in [-0.2, -0.15) is 5.10 Å². The molecule has 2 atom stereocenters. The summed E-state index contributed by atoms with van der Waals surface area (Å²) in [6, 6.07) is 6.22. The van der Waals surface area contributed by atoms with Gasteiger partial charge in [-0.25, -0.2) is 9.67 Å². The fourth-order valence-corrected chi connectivity index (χ4v) is 3.62. The van der Waals surface area contributed by atoms with Gasteiger partial charge in [-0.1, -0.05) is 6.07 Å². The Labute approximate surface area is 140 Å². The number of hydrogen-bond acceptors (Lipinski definition) is 6. The molecule has 1 aromatic heterocycles. The summed E-state index contributed by atoms with van der Waals surface area (Å²) in [5.41, 5.74) is 2.28. The number of hydrogen-bond donors (Lipinski definition) is 0. The molecule has 24 heavy (non-hydrogen) atoms. The van der Waals surface area contributed by atoms with Crippen LogP contribution in [0.25, 0.3) is 0 Å². The first-order valence-corrected chi connectivity index (χ1v) is 8.10. The molecule has 0 amide bonds. The summed E-state index contributed by atoms with van der Waals surface area (Å²) in [4.78, 5) is 18.0. The Bertz CT molecular complexity index is 731. The fourth-order valence-electron chi connectivity index (χ4n) is 3.62. The quantitative estimate of drug-likeness (QED) is 0.761. The van der Waals surface area contributed by atoms with Crippen molar-refractivity contribution in [3.05, 3.63) is 42.0 Å². The Balaban J connectivity index is 1.48. The smallest absolute Gasteiger partial charge is 0.310 e. The largest absolute Gasteiger partial charge is 0.496 e. The number of carbonyl (C=O) groups is 1. The zero-order valence-electron chi connectivity index (χ0n) is 13.6. The third kappa shape index (κ3) is 2.87. The molecule has 0 saturated carbocycles. The van der Waals surface area contributed by atoms with Gasteiger partial charge in [0.05, 0.1) is 26.2 Å². The molecule has 2 aliphatic heterocycles. The molecule has 2 saturated heterocycles. The first kappa shape index (κ1) is 15.1. The molecular formula is C17H20N4O3. The summed E-state index contributed by atoms with van der Waals surface area (Å²) >= 11 is 0. The highest BCUT2D eigenvalue weighted by molar-refractivity contribution is 5.75. The SMILES string of the molecule is COc1ccc(CN2C[C@@H]3COC(=O)[C@@H]3C2)cc1Cn1cncn1. The van der Waals surface area contributed by atoms with E-state index in [1.165, 1.54) is 11.9 Å². The number of cyclic esters (lactones) is 1. The van der Waals surface area contributed by atoms with Crippen molar-refractivity contribution in [3.8, 4) is 5.75 Å². The van der Waals surface area contributed by atoms with Crippen molar-refractivity contribution in [2.45, 2.75) is 13.1 Å². The summed E-state index contributed by atoms with van der Waals surface area (Å²) in [5.74, 6) is 1.21. The number of nitrogens with zero attached hydrogens (tertiary/aromatic N) is 4. The standard InChI is InChI=1S/C17H20N4O3/c1-23-16-3-2-12(4-13(16)7-21-11-18-10-19-21)5-20-6-14-9-24-17(22)15(14)8-20/h2-4,10-11,14-15H,5-9H2,1H3/t14-,15-/m1/s1. The molecule has 2 aliphatic rings. The minimum atomic E-state index is -0.0379. The molecule has 0 aliphatic carbocycles. The van der Waals surface area contributed by atoms with Gasteiger partial charge in [0.1, 0.15) is 18.4 Å². The van der Waals surface area contributed by atoms with E-state index in [0.717, 1.165) is 30.9 Å². The van der Waals surface area contributed by atoms with E-state index in [4.69, 9.17) is 9.47 Å². The molecular weight excluding hydrogens is 308 g/mol. The molecule has 4 rings (SSSR count). The van der Waals surface area contributed by atoms with Crippen LogP contribution in [0.3, 0.4) is 0 Å². The van der Waals surface area contributed by atoms with E-state index in [-0.39, 0.29) is 11.9 Å². The van der Waals surface area contributed by atoms with Crippen LogP contribution in [0.4, 0.5) is 0 Å². The average molecular weight is 328 g/mol. The lowest BCUT2D eigenvalue weighted by Gasteiger charge is -2.18. The van der Waals surface area contributed by atoms with E-state index in [1.807, 2.05) is 6.07 Å². The number of likely N-dealkylation sites (tertiary alicyclic amines) is 1. The normalized spacial score (nSPS) is 23.3. The van der Waals surface area contributed by atoms with Crippen molar-refractivity contribution >= 4 is 5.97 Å². The first-order chi connectivity index (χ1) is 11.7. The van der Waals surface area contributed by atoms with Gasteiger partial charge in [0, 0.05) is 31.1 Å². The molecule has 7 nitrogen and oxygen atoms in total. The third-order valence-electron chi connectivity index (χ3n) is 4.81. The predicted octanol–water partition coefficient (Wildman–Crippen LogP) is 0.940. The molecule has 0 N–H and O–H groups in total. The fraction of sp³-hybridized carbons (Fsp3) is 0.471. The van der Waals surface area contributed by atoms with Gasteiger partial charge in [-0.05, 0) is 17.7 Å². The zero-order chi connectivity index (χ0) is 16.5. The highest BCUT2D eigenvalue weighted by Crippen LogP contribution is 2.31. The predicted molar refractivity (Wildman–Crippen MR) is 85.3 cm³/mol. The van der Waals surface area contributed by atoms with Gasteiger partial charge in [-0.15, -0.1) is 0 Å². The maximum atomic E-state index is 11.7. The number of benzene rings is 1. The van der Waals surface area contributed by atoms with E-state index in [1.54, 1.807) is 18.1 Å². The number of ether oxygens (including phenoxy) is 2. The Morgan fingerprint density at radius 2 is 2.25 bits per heavy atom. The number of fused-ring (bicyclic) bond motifs is 1. The minimum absolute atomic E-state index is 0.0379. The Morgan fingerprint density at radius 3 is 3.00 bits per heavy atom. The van der Waals surface area contributed by atoms with E-state index >= 15 is 0 Å². The number of esters is 1. The van der Waals surface area contributed by atoms with Crippen molar-refractivity contribution in [3.63, 3.8) is 0 Å². The summed E-state index contributed by atoms with van der Waals surface area (Å²) in [6.45, 7) is 3.72. The Morgan fingerprint density at radius 1 is 1.33 bits per heavy atom. The molecule has 126 valence electrons.